The molecule has 0 radical (unpaired) electrons. The largest absolute Gasteiger partial charge is 0.347 e. The standard InChI is InChI=1S/C17H25N3O4S/c1-18(2)17(22)15-12-20(10-9-19(15)3)16(21)11-13-5-7-14(8-6-13)25(4,23)24/h5-8,15H,9-12H2,1-4H3/t15-/m1/s1. The maximum absolute atomic E-state index is 12.6. The van der Waals surface area contributed by atoms with Crippen LogP contribution < -0.4 is 0 Å². The highest BCUT2D eigenvalue weighted by molar-refractivity contribution is 7.90. The summed E-state index contributed by atoms with van der Waals surface area (Å²) in [4.78, 5) is 30.3. The van der Waals surface area contributed by atoms with Gasteiger partial charge in [-0.25, -0.2) is 8.42 Å². The Morgan fingerprint density at radius 2 is 1.76 bits per heavy atom. The van der Waals surface area contributed by atoms with Gasteiger partial charge in [-0.1, -0.05) is 12.1 Å². The molecule has 8 heteroatoms. The molecule has 138 valence electrons. The molecule has 1 aromatic rings. The second-order valence-corrected chi connectivity index (χ2v) is 8.68. The van der Waals surface area contributed by atoms with Crippen LogP contribution in [0.25, 0.3) is 0 Å². The third-order valence-corrected chi connectivity index (χ3v) is 5.56. The summed E-state index contributed by atoms with van der Waals surface area (Å²) >= 11 is 0. The Bertz CT molecular complexity index is 744. The van der Waals surface area contributed by atoms with Crippen LogP contribution in [-0.4, -0.2) is 88.0 Å². The quantitative estimate of drug-likeness (QED) is 0.740. The molecule has 0 bridgehead atoms. The Morgan fingerprint density at radius 3 is 2.28 bits per heavy atom. The zero-order chi connectivity index (χ0) is 18.8. The van der Waals surface area contributed by atoms with E-state index in [9.17, 15) is 18.0 Å². The van der Waals surface area contributed by atoms with Gasteiger partial charge in [-0.2, -0.15) is 0 Å². The first-order valence-corrected chi connectivity index (χ1v) is 9.97. The maximum Gasteiger partial charge on any atom is 0.241 e. The molecule has 2 amide bonds. The fourth-order valence-corrected chi connectivity index (χ4v) is 3.44. The van der Waals surface area contributed by atoms with E-state index in [0.717, 1.165) is 11.8 Å². The first kappa shape index (κ1) is 19.4. The zero-order valence-corrected chi connectivity index (χ0v) is 15.9. The lowest BCUT2D eigenvalue weighted by molar-refractivity contribution is -0.141. The fraction of sp³-hybridized carbons (Fsp3) is 0.529. The number of benzene rings is 1. The van der Waals surface area contributed by atoms with E-state index in [1.165, 1.54) is 12.1 Å². The van der Waals surface area contributed by atoms with Crippen LogP contribution in [0.4, 0.5) is 0 Å². The number of carbonyl (C=O) groups is 2. The topological polar surface area (TPSA) is 78.0 Å². The monoisotopic (exact) mass is 367 g/mol. The smallest absolute Gasteiger partial charge is 0.241 e. The molecule has 1 heterocycles. The number of nitrogens with zero attached hydrogens (tertiary/aromatic N) is 3. The molecule has 0 aromatic heterocycles. The van der Waals surface area contributed by atoms with E-state index in [4.69, 9.17) is 0 Å². The first-order valence-electron chi connectivity index (χ1n) is 8.08. The molecule has 0 unspecified atom stereocenters. The number of rotatable bonds is 4. The van der Waals surface area contributed by atoms with Crippen molar-refractivity contribution < 1.29 is 18.0 Å². The summed E-state index contributed by atoms with van der Waals surface area (Å²) in [7, 11) is 2.06. The molecular formula is C17H25N3O4S. The van der Waals surface area contributed by atoms with E-state index in [1.807, 2.05) is 11.9 Å². The van der Waals surface area contributed by atoms with Crippen molar-refractivity contribution in [2.45, 2.75) is 17.4 Å². The summed E-state index contributed by atoms with van der Waals surface area (Å²) in [6, 6.07) is 6.01. The SMILES string of the molecule is CN(C)C(=O)[C@H]1CN(C(=O)Cc2ccc(S(C)(=O)=O)cc2)CCN1C. The van der Waals surface area contributed by atoms with Crippen LogP contribution in [0.2, 0.25) is 0 Å². The fourth-order valence-electron chi connectivity index (χ4n) is 2.81. The van der Waals surface area contributed by atoms with E-state index >= 15 is 0 Å². The average Bonchev–Trinajstić information content (AvgIpc) is 2.54. The van der Waals surface area contributed by atoms with Gasteiger partial charge in [-0.05, 0) is 24.7 Å². The second kappa shape index (κ2) is 7.53. The van der Waals surface area contributed by atoms with Crippen molar-refractivity contribution in [1.29, 1.82) is 0 Å². The van der Waals surface area contributed by atoms with Crippen molar-refractivity contribution in [2.24, 2.45) is 0 Å². The number of hydrogen-bond acceptors (Lipinski definition) is 5. The minimum absolute atomic E-state index is 0.0162. The average molecular weight is 367 g/mol. The van der Waals surface area contributed by atoms with Crippen LogP contribution >= 0.6 is 0 Å². The third-order valence-electron chi connectivity index (χ3n) is 4.43. The molecule has 1 saturated heterocycles. The van der Waals surface area contributed by atoms with Crippen LogP contribution in [0.5, 0.6) is 0 Å². The van der Waals surface area contributed by atoms with Gasteiger partial charge in [-0.15, -0.1) is 0 Å². The molecule has 1 aliphatic heterocycles. The predicted octanol–water partition coefficient (Wildman–Crippen LogP) is -0.137. The molecule has 25 heavy (non-hydrogen) atoms. The van der Waals surface area contributed by atoms with E-state index in [-0.39, 0.29) is 29.2 Å². The highest BCUT2D eigenvalue weighted by Gasteiger charge is 2.32. The number of amides is 2. The van der Waals surface area contributed by atoms with Gasteiger partial charge in [0.1, 0.15) is 6.04 Å². The van der Waals surface area contributed by atoms with Gasteiger partial charge in [0.15, 0.2) is 9.84 Å². The number of hydrogen-bond donors (Lipinski definition) is 0. The van der Waals surface area contributed by atoms with Gasteiger partial charge >= 0.3 is 0 Å². The summed E-state index contributed by atoms with van der Waals surface area (Å²) in [6.07, 6.45) is 1.34. The van der Waals surface area contributed by atoms with Gasteiger partial charge in [0.05, 0.1) is 11.3 Å². The molecule has 0 spiro atoms. The summed E-state index contributed by atoms with van der Waals surface area (Å²) in [5.41, 5.74) is 0.756. The highest BCUT2D eigenvalue weighted by atomic mass is 32.2. The highest BCUT2D eigenvalue weighted by Crippen LogP contribution is 2.14. The predicted molar refractivity (Wildman–Crippen MR) is 94.9 cm³/mol. The van der Waals surface area contributed by atoms with E-state index in [0.29, 0.717) is 19.6 Å². The summed E-state index contributed by atoms with van der Waals surface area (Å²) < 4.78 is 23.0. The number of carbonyl (C=O) groups excluding carboxylic acids is 2. The van der Waals surface area contributed by atoms with Crippen LogP contribution in [0.1, 0.15) is 5.56 Å². The van der Waals surface area contributed by atoms with Crippen LogP contribution in [0.3, 0.4) is 0 Å². The van der Waals surface area contributed by atoms with Crippen LogP contribution in [0, 0.1) is 0 Å². The van der Waals surface area contributed by atoms with Crippen LogP contribution in [0.15, 0.2) is 29.2 Å². The maximum atomic E-state index is 12.6. The Balaban J connectivity index is 2.04. The van der Waals surface area contributed by atoms with Gasteiger partial charge in [-0.3, -0.25) is 14.5 Å². The molecule has 1 aromatic carbocycles. The number of piperazine rings is 1. The van der Waals surface area contributed by atoms with Crippen molar-refractivity contribution >= 4 is 21.7 Å². The van der Waals surface area contributed by atoms with Crippen molar-refractivity contribution in [3.63, 3.8) is 0 Å². The molecule has 0 saturated carbocycles. The molecule has 1 atom stereocenters. The first-order chi connectivity index (χ1) is 11.6. The van der Waals surface area contributed by atoms with E-state index in [1.54, 1.807) is 36.0 Å². The minimum Gasteiger partial charge on any atom is -0.347 e. The number of likely N-dealkylation sites (N-methyl/N-ethyl adjacent to an activating group) is 2. The molecule has 0 N–H and O–H groups in total. The lowest BCUT2D eigenvalue weighted by Gasteiger charge is -2.39. The third kappa shape index (κ3) is 4.79. The van der Waals surface area contributed by atoms with Gasteiger partial charge in [0.2, 0.25) is 11.8 Å². The Labute approximate surface area is 149 Å². The van der Waals surface area contributed by atoms with E-state index in [2.05, 4.69) is 0 Å². The Morgan fingerprint density at radius 1 is 1.16 bits per heavy atom. The Kier molecular flexibility index (Phi) is 5.84. The van der Waals surface area contributed by atoms with Crippen molar-refractivity contribution in [3.05, 3.63) is 29.8 Å². The van der Waals surface area contributed by atoms with Gasteiger partial charge < -0.3 is 9.80 Å². The normalized spacial score (nSPS) is 18.9. The molecule has 0 aliphatic carbocycles. The lowest BCUT2D eigenvalue weighted by Crippen LogP contribution is -2.58. The molecule has 7 nitrogen and oxygen atoms in total. The number of sulfone groups is 1. The summed E-state index contributed by atoms with van der Waals surface area (Å²) in [5, 5.41) is 0. The van der Waals surface area contributed by atoms with Crippen molar-refractivity contribution in [2.75, 3.05) is 47.0 Å². The molecule has 1 fully saturated rings. The summed E-state index contributed by atoms with van der Waals surface area (Å²) in [5.74, 6) is -0.0748. The van der Waals surface area contributed by atoms with Crippen molar-refractivity contribution in [1.82, 2.24) is 14.7 Å². The lowest BCUT2D eigenvalue weighted by atomic mass is 10.1. The van der Waals surface area contributed by atoms with Gasteiger partial charge in [0.25, 0.3) is 0 Å². The van der Waals surface area contributed by atoms with Gasteiger partial charge in [0, 0.05) is 40.0 Å². The van der Waals surface area contributed by atoms with Crippen LogP contribution in [-0.2, 0) is 25.8 Å². The second-order valence-electron chi connectivity index (χ2n) is 6.66. The molecular weight excluding hydrogens is 342 g/mol. The molecule has 2 rings (SSSR count). The van der Waals surface area contributed by atoms with E-state index < -0.39 is 9.84 Å². The van der Waals surface area contributed by atoms with Crippen molar-refractivity contribution in [3.8, 4) is 0 Å². The Hall–Kier alpha value is -1.93. The molecule has 1 aliphatic rings. The zero-order valence-electron chi connectivity index (χ0n) is 15.1. The summed E-state index contributed by atoms with van der Waals surface area (Å²) in [6.45, 7) is 1.59. The minimum atomic E-state index is -3.24.